The second-order valence-corrected chi connectivity index (χ2v) is 3.56. The molecule has 0 aliphatic carbocycles. The van der Waals surface area contributed by atoms with Crippen molar-refractivity contribution in [2.45, 2.75) is 13.3 Å². The lowest BCUT2D eigenvalue weighted by Crippen LogP contribution is -2.15. The fourth-order valence-electron chi connectivity index (χ4n) is 1.48. The molecule has 0 fully saturated rings. The number of anilines is 1. The van der Waals surface area contributed by atoms with Crippen LogP contribution in [-0.4, -0.2) is 40.9 Å². The highest BCUT2D eigenvalue weighted by atomic mass is 19.3. The maximum absolute atomic E-state index is 11.8. The van der Waals surface area contributed by atoms with Crippen molar-refractivity contribution in [3.63, 3.8) is 0 Å². The number of ether oxygens (including phenoxy) is 1. The van der Waals surface area contributed by atoms with Crippen molar-refractivity contribution < 1.29 is 18.4 Å². The second kappa shape index (κ2) is 6.24. The molecule has 0 atom stereocenters. The van der Waals surface area contributed by atoms with Crippen LogP contribution in [0.5, 0.6) is 0 Å². The Morgan fingerprint density at radius 1 is 1.61 bits per heavy atom. The summed E-state index contributed by atoms with van der Waals surface area (Å²) in [4.78, 5) is 10.3. The molecular weight excluding hydrogens is 250 g/mol. The molecule has 1 rings (SSSR count). The SMILES string of the molecule is Cc1nn(C)c(NCCOCC(F)F)c1[N+](=O)[O-]. The van der Waals surface area contributed by atoms with Gasteiger partial charge in [-0.1, -0.05) is 0 Å². The minimum Gasteiger partial charge on any atom is -0.374 e. The largest absolute Gasteiger partial charge is 0.374 e. The zero-order chi connectivity index (χ0) is 13.7. The summed E-state index contributed by atoms with van der Waals surface area (Å²) in [5.74, 6) is 0.234. The van der Waals surface area contributed by atoms with Crippen LogP contribution in [0.1, 0.15) is 5.69 Å². The number of nitrogens with zero attached hydrogens (tertiary/aromatic N) is 3. The van der Waals surface area contributed by atoms with E-state index in [1.807, 2.05) is 0 Å². The van der Waals surface area contributed by atoms with Crippen molar-refractivity contribution >= 4 is 11.5 Å². The van der Waals surface area contributed by atoms with Gasteiger partial charge in [0.1, 0.15) is 12.3 Å². The van der Waals surface area contributed by atoms with E-state index in [0.717, 1.165) is 0 Å². The smallest absolute Gasteiger partial charge is 0.333 e. The van der Waals surface area contributed by atoms with Crippen molar-refractivity contribution in [1.82, 2.24) is 9.78 Å². The fourth-order valence-corrected chi connectivity index (χ4v) is 1.48. The summed E-state index contributed by atoms with van der Waals surface area (Å²) in [6.45, 7) is 1.10. The summed E-state index contributed by atoms with van der Waals surface area (Å²) < 4.78 is 29.5. The minimum absolute atomic E-state index is 0.0335. The molecule has 0 aliphatic heterocycles. The quantitative estimate of drug-likeness (QED) is 0.456. The Kier molecular flexibility index (Phi) is 4.95. The van der Waals surface area contributed by atoms with Gasteiger partial charge in [-0.25, -0.2) is 13.5 Å². The standard InChI is InChI=1S/C9H14F2N4O3/c1-6-8(15(16)17)9(14(2)13-6)12-3-4-18-5-7(10)11/h7,12H,3-5H2,1-2H3. The molecule has 9 heteroatoms. The summed E-state index contributed by atoms with van der Waals surface area (Å²) in [5, 5.41) is 17.5. The van der Waals surface area contributed by atoms with Gasteiger partial charge in [-0.2, -0.15) is 5.10 Å². The third kappa shape index (κ3) is 3.62. The van der Waals surface area contributed by atoms with Gasteiger partial charge in [-0.3, -0.25) is 10.1 Å². The van der Waals surface area contributed by atoms with Crippen LogP contribution in [0, 0.1) is 17.0 Å². The topological polar surface area (TPSA) is 82.2 Å². The lowest BCUT2D eigenvalue weighted by Gasteiger charge is -2.06. The van der Waals surface area contributed by atoms with E-state index in [0.29, 0.717) is 5.69 Å². The van der Waals surface area contributed by atoms with Crippen LogP contribution in [0.4, 0.5) is 20.3 Å². The normalized spacial score (nSPS) is 10.9. The molecule has 1 aromatic heterocycles. The van der Waals surface area contributed by atoms with Crippen LogP contribution in [0.25, 0.3) is 0 Å². The van der Waals surface area contributed by atoms with Gasteiger partial charge < -0.3 is 10.1 Å². The predicted molar refractivity (Wildman–Crippen MR) is 59.9 cm³/mol. The van der Waals surface area contributed by atoms with Crippen LogP contribution in [0.15, 0.2) is 0 Å². The average Bonchev–Trinajstić information content (AvgIpc) is 2.52. The van der Waals surface area contributed by atoms with Gasteiger partial charge in [0.2, 0.25) is 5.82 Å². The molecule has 1 aromatic rings. The predicted octanol–water partition coefficient (Wildman–Crippen LogP) is 1.33. The average molecular weight is 264 g/mol. The molecule has 102 valence electrons. The third-order valence-electron chi connectivity index (χ3n) is 2.16. The van der Waals surface area contributed by atoms with Crippen molar-refractivity contribution in [3.05, 3.63) is 15.8 Å². The molecule has 1 N–H and O–H groups in total. The zero-order valence-corrected chi connectivity index (χ0v) is 10.0. The molecular formula is C9H14F2N4O3. The van der Waals surface area contributed by atoms with Crippen LogP contribution in [0.2, 0.25) is 0 Å². The number of hydrogen-bond acceptors (Lipinski definition) is 5. The number of hydrogen-bond donors (Lipinski definition) is 1. The van der Waals surface area contributed by atoms with Crippen molar-refractivity contribution in [3.8, 4) is 0 Å². The maximum Gasteiger partial charge on any atom is 0.333 e. The molecule has 7 nitrogen and oxygen atoms in total. The lowest BCUT2D eigenvalue weighted by atomic mass is 10.4. The Bertz CT molecular complexity index is 422. The van der Waals surface area contributed by atoms with Gasteiger partial charge in [0.15, 0.2) is 0 Å². The number of aryl methyl sites for hydroxylation is 2. The van der Waals surface area contributed by atoms with E-state index in [2.05, 4.69) is 15.2 Å². The third-order valence-corrected chi connectivity index (χ3v) is 2.16. The molecule has 0 radical (unpaired) electrons. The van der Waals surface area contributed by atoms with Crippen molar-refractivity contribution in [1.29, 1.82) is 0 Å². The van der Waals surface area contributed by atoms with E-state index in [1.165, 1.54) is 11.6 Å². The second-order valence-electron chi connectivity index (χ2n) is 3.56. The van der Waals surface area contributed by atoms with Crippen LogP contribution in [-0.2, 0) is 11.8 Å². The molecule has 0 saturated carbocycles. The monoisotopic (exact) mass is 264 g/mol. The van der Waals surface area contributed by atoms with E-state index < -0.39 is 18.0 Å². The van der Waals surface area contributed by atoms with Crippen LogP contribution in [0.3, 0.4) is 0 Å². The highest BCUT2D eigenvalue weighted by Gasteiger charge is 2.23. The van der Waals surface area contributed by atoms with Crippen LogP contribution < -0.4 is 5.32 Å². The number of alkyl halides is 2. The van der Waals surface area contributed by atoms with Crippen molar-refractivity contribution in [2.75, 3.05) is 25.1 Å². The van der Waals surface area contributed by atoms with E-state index in [-0.39, 0.29) is 24.7 Å². The first-order valence-electron chi connectivity index (χ1n) is 5.21. The number of halogens is 2. The fraction of sp³-hybridized carbons (Fsp3) is 0.667. The van der Waals surface area contributed by atoms with E-state index in [9.17, 15) is 18.9 Å². The summed E-state index contributed by atoms with van der Waals surface area (Å²) in [5.41, 5.74) is 0.171. The van der Waals surface area contributed by atoms with Crippen molar-refractivity contribution in [2.24, 2.45) is 7.05 Å². The van der Waals surface area contributed by atoms with Gasteiger partial charge in [-0.05, 0) is 6.92 Å². The van der Waals surface area contributed by atoms with Gasteiger partial charge in [0.25, 0.3) is 6.43 Å². The van der Waals surface area contributed by atoms with E-state index in [4.69, 9.17) is 0 Å². The molecule has 0 unspecified atom stereocenters. The summed E-state index contributed by atoms with van der Waals surface area (Å²) in [7, 11) is 1.56. The Hall–Kier alpha value is -1.77. The highest BCUT2D eigenvalue weighted by molar-refractivity contribution is 5.59. The van der Waals surface area contributed by atoms with Gasteiger partial charge in [0, 0.05) is 13.6 Å². The summed E-state index contributed by atoms with van der Waals surface area (Å²) in [6.07, 6.45) is -2.52. The number of rotatable bonds is 7. The first kappa shape index (κ1) is 14.3. The first-order valence-corrected chi connectivity index (χ1v) is 5.21. The Labute approximate surface area is 102 Å². The summed E-state index contributed by atoms with van der Waals surface area (Å²) >= 11 is 0. The van der Waals surface area contributed by atoms with E-state index in [1.54, 1.807) is 7.05 Å². The summed E-state index contributed by atoms with van der Waals surface area (Å²) in [6, 6.07) is 0. The Balaban J connectivity index is 2.54. The first-order chi connectivity index (χ1) is 8.43. The van der Waals surface area contributed by atoms with E-state index >= 15 is 0 Å². The Morgan fingerprint density at radius 2 is 2.28 bits per heavy atom. The molecule has 18 heavy (non-hydrogen) atoms. The molecule has 0 bridgehead atoms. The van der Waals surface area contributed by atoms with Gasteiger partial charge in [0.05, 0.1) is 11.5 Å². The van der Waals surface area contributed by atoms with Gasteiger partial charge >= 0.3 is 5.69 Å². The molecule has 0 amide bonds. The number of nitrogens with one attached hydrogen (secondary N) is 1. The zero-order valence-electron chi connectivity index (χ0n) is 10.0. The lowest BCUT2D eigenvalue weighted by molar-refractivity contribution is -0.384. The highest BCUT2D eigenvalue weighted by Crippen LogP contribution is 2.26. The van der Waals surface area contributed by atoms with Gasteiger partial charge in [-0.15, -0.1) is 0 Å². The number of nitro groups is 1. The minimum atomic E-state index is -2.52. The molecule has 0 spiro atoms. The molecule has 0 aliphatic rings. The van der Waals surface area contributed by atoms with Crippen LogP contribution >= 0.6 is 0 Å². The Morgan fingerprint density at radius 3 is 2.83 bits per heavy atom. The molecule has 1 heterocycles. The number of aromatic nitrogens is 2. The maximum atomic E-state index is 11.8. The molecule has 0 saturated heterocycles. The molecule has 0 aromatic carbocycles.